The van der Waals surface area contributed by atoms with Gasteiger partial charge in [0.2, 0.25) is 0 Å². The number of rotatable bonds is 4. The highest BCUT2D eigenvalue weighted by Crippen LogP contribution is 2.22. The van der Waals surface area contributed by atoms with Crippen molar-refractivity contribution in [2.75, 3.05) is 0 Å². The van der Waals surface area contributed by atoms with Crippen molar-refractivity contribution in [2.45, 2.75) is 30.4 Å². The molecule has 0 aliphatic carbocycles. The standard InChI is InChI=1S/C11H14O2S/c1-8(2)14-10-5-3-9(4-6-10)7-11(12)13/h3-6,8H,7H2,1-2H3,(H,12,13). The van der Waals surface area contributed by atoms with E-state index in [9.17, 15) is 4.79 Å². The van der Waals surface area contributed by atoms with Gasteiger partial charge in [-0.1, -0.05) is 26.0 Å². The molecule has 1 rings (SSSR count). The van der Waals surface area contributed by atoms with Gasteiger partial charge in [-0.3, -0.25) is 4.79 Å². The minimum Gasteiger partial charge on any atom is -0.481 e. The van der Waals surface area contributed by atoms with Crippen LogP contribution in [0.25, 0.3) is 0 Å². The molecule has 0 radical (unpaired) electrons. The van der Waals surface area contributed by atoms with E-state index in [4.69, 9.17) is 5.11 Å². The molecule has 0 aromatic heterocycles. The molecule has 1 N–H and O–H groups in total. The largest absolute Gasteiger partial charge is 0.481 e. The first-order valence-corrected chi connectivity index (χ1v) is 5.43. The van der Waals surface area contributed by atoms with Gasteiger partial charge in [-0.25, -0.2) is 0 Å². The summed E-state index contributed by atoms with van der Waals surface area (Å²) in [5.74, 6) is -0.783. The lowest BCUT2D eigenvalue weighted by Crippen LogP contribution is -1.99. The molecule has 0 saturated heterocycles. The van der Waals surface area contributed by atoms with Gasteiger partial charge in [-0.05, 0) is 17.7 Å². The van der Waals surface area contributed by atoms with Crippen LogP contribution in [-0.4, -0.2) is 16.3 Å². The van der Waals surface area contributed by atoms with Gasteiger partial charge in [0.1, 0.15) is 0 Å². The van der Waals surface area contributed by atoms with Gasteiger partial charge in [-0.15, -0.1) is 11.8 Å². The second kappa shape index (κ2) is 5.05. The first kappa shape index (κ1) is 11.1. The number of thioether (sulfide) groups is 1. The van der Waals surface area contributed by atoms with Gasteiger partial charge in [0.25, 0.3) is 0 Å². The summed E-state index contributed by atoms with van der Waals surface area (Å²) in [6, 6.07) is 7.70. The van der Waals surface area contributed by atoms with Crippen molar-refractivity contribution in [1.29, 1.82) is 0 Å². The summed E-state index contributed by atoms with van der Waals surface area (Å²) in [7, 11) is 0. The van der Waals surface area contributed by atoms with Gasteiger partial charge >= 0.3 is 5.97 Å². The van der Waals surface area contributed by atoms with Gasteiger partial charge in [0, 0.05) is 10.1 Å². The highest BCUT2D eigenvalue weighted by molar-refractivity contribution is 7.99. The van der Waals surface area contributed by atoms with Crippen LogP contribution in [-0.2, 0) is 11.2 Å². The minimum atomic E-state index is -0.783. The Morgan fingerprint density at radius 3 is 2.36 bits per heavy atom. The van der Waals surface area contributed by atoms with E-state index in [2.05, 4.69) is 13.8 Å². The van der Waals surface area contributed by atoms with Gasteiger partial charge in [0.05, 0.1) is 6.42 Å². The Bertz CT molecular complexity index is 304. The van der Waals surface area contributed by atoms with Crippen LogP contribution in [0.2, 0.25) is 0 Å². The number of carbonyl (C=O) groups is 1. The molecular formula is C11H14O2S. The summed E-state index contributed by atoms with van der Waals surface area (Å²) < 4.78 is 0. The third-order valence-electron chi connectivity index (χ3n) is 1.65. The molecule has 14 heavy (non-hydrogen) atoms. The summed E-state index contributed by atoms with van der Waals surface area (Å²) in [6.45, 7) is 4.27. The van der Waals surface area contributed by atoms with Crippen molar-refractivity contribution in [2.24, 2.45) is 0 Å². The van der Waals surface area contributed by atoms with Gasteiger partial charge in [-0.2, -0.15) is 0 Å². The summed E-state index contributed by atoms with van der Waals surface area (Å²) >= 11 is 1.78. The first-order chi connectivity index (χ1) is 6.58. The fraction of sp³-hybridized carbons (Fsp3) is 0.364. The fourth-order valence-corrected chi connectivity index (χ4v) is 1.97. The van der Waals surface area contributed by atoms with E-state index in [-0.39, 0.29) is 6.42 Å². The first-order valence-electron chi connectivity index (χ1n) is 4.55. The van der Waals surface area contributed by atoms with E-state index in [1.54, 1.807) is 11.8 Å². The molecule has 0 saturated carbocycles. The predicted molar refractivity (Wildman–Crippen MR) is 58.8 cm³/mol. The molecule has 0 aliphatic heterocycles. The maximum absolute atomic E-state index is 10.4. The zero-order valence-electron chi connectivity index (χ0n) is 8.36. The number of carboxylic acids is 1. The fourth-order valence-electron chi connectivity index (χ4n) is 1.13. The molecule has 0 bridgehead atoms. The molecule has 0 spiro atoms. The zero-order chi connectivity index (χ0) is 10.6. The molecule has 0 amide bonds. The Balaban J connectivity index is 2.63. The van der Waals surface area contributed by atoms with Crippen molar-refractivity contribution >= 4 is 17.7 Å². The predicted octanol–water partition coefficient (Wildman–Crippen LogP) is 2.81. The Kier molecular flexibility index (Phi) is 4.01. The summed E-state index contributed by atoms with van der Waals surface area (Å²) in [5.41, 5.74) is 0.852. The molecule has 3 heteroatoms. The third kappa shape index (κ3) is 3.83. The lowest BCUT2D eigenvalue weighted by Gasteiger charge is -2.04. The topological polar surface area (TPSA) is 37.3 Å². The lowest BCUT2D eigenvalue weighted by molar-refractivity contribution is -0.136. The van der Waals surface area contributed by atoms with Crippen molar-refractivity contribution in [3.8, 4) is 0 Å². The van der Waals surface area contributed by atoms with Crippen molar-refractivity contribution in [3.05, 3.63) is 29.8 Å². The molecule has 0 fully saturated rings. The van der Waals surface area contributed by atoms with Crippen LogP contribution in [0, 0.1) is 0 Å². The van der Waals surface area contributed by atoms with Crippen LogP contribution in [0.4, 0.5) is 0 Å². The van der Waals surface area contributed by atoms with Gasteiger partial charge in [0.15, 0.2) is 0 Å². The summed E-state index contributed by atoms with van der Waals surface area (Å²) in [6.07, 6.45) is 0.104. The van der Waals surface area contributed by atoms with Crippen molar-refractivity contribution < 1.29 is 9.90 Å². The minimum absolute atomic E-state index is 0.104. The van der Waals surface area contributed by atoms with E-state index in [0.717, 1.165) is 5.56 Å². The monoisotopic (exact) mass is 210 g/mol. The third-order valence-corrected chi connectivity index (χ3v) is 2.67. The Morgan fingerprint density at radius 1 is 1.36 bits per heavy atom. The van der Waals surface area contributed by atoms with Crippen LogP contribution < -0.4 is 0 Å². The van der Waals surface area contributed by atoms with E-state index in [0.29, 0.717) is 5.25 Å². The van der Waals surface area contributed by atoms with Crippen LogP contribution in [0.3, 0.4) is 0 Å². The average Bonchev–Trinajstić information content (AvgIpc) is 2.06. The molecule has 0 unspecified atom stereocenters. The smallest absolute Gasteiger partial charge is 0.307 e. The normalized spacial score (nSPS) is 10.5. The SMILES string of the molecule is CC(C)Sc1ccc(CC(=O)O)cc1. The molecule has 2 nitrogen and oxygen atoms in total. The van der Waals surface area contributed by atoms with E-state index >= 15 is 0 Å². The number of benzene rings is 1. The number of aliphatic carboxylic acids is 1. The molecule has 76 valence electrons. The number of hydrogen-bond acceptors (Lipinski definition) is 2. The van der Waals surface area contributed by atoms with Crippen LogP contribution in [0.5, 0.6) is 0 Å². The molecule has 0 atom stereocenters. The maximum atomic E-state index is 10.4. The molecule has 0 aliphatic rings. The Labute approximate surface area is 88.3 Å². The molecule has 0 heterocycles. The van der Waals surface area contributed by atoms with Gasteiger partial charge < -0.3 is 5.11 Å². The van der Waals surface area contributed by atoms with Crippen molar-refractivity contribution in [3.63, 3.8) is 0 Å². The van der Waals surface area contributed by atoms with E-state index < -0.39 is 5.97 Å². The molecule has 1 aromatic rings. The van der Waals surface area contributed by atoms with E-state index in [1.165, 1.54) is 4.90 Å². The highest BCUT2D eigenvalue weighted by Gasteiger charge is 2.01. The second-order valence-corrected chi connectivity index (χ2v) is 5.03. The highest BCUT2D eigenvalue weighted by atomic mass is 32.2. The lowest BCUT2D eigenvalue weighted by atomic mass is 10.2. The van der Waals surface area contributed by atoms with Crippen molar-refractivity contribution in [1.82, 2.24) is 0 Å². The Morgan fingerprint density at radius 2 is 1.93 bits per heavy atom. The number of hydrogen-bond donors (Lipinski definition) is 1. The molecule has 1 aromatic carbocycles. The zero-order valence-corrected chi connectivity index (χ0v) is 9.17. The summed E-state index contributed by atoms with van der Waals surface area (Å²) in [4.78, 5) is 11.6. The second-order valence-electron chi connectivity index (χ2n) is 3.38. The number of carboxylic acid groups (broad SMARTS) is 1. The summed E-state index contributed by atoms with van der Waals surface area (Å²) in [5, 5.41) is 9.13. The van der Waals surface area contributed by atoms with Crippen LogP contribution >= 0.6 is 11.8 Å². The quantitative estimate of drug-likeness (QED) is 0.776. The Hall–Kier alpha value is -0.960. The van der Waals surface area contributed by atoms with Crippen LogP contribution in [0.1, 0.15) is 19.4 Å². The maximum Gasteiger partial charge on any atom is 0.307 e. The van der Waals surface area contributed by atoms with Crippen LogP contribution in [0.15, 0.2) is 29.2 Å². The molecular weight excluding hydrogens is 196 g/mol. The average molecular weight is 210 g/mol. The van der Waals surface area contributed by atoms with E-state index in [1.807, 2.05) is 24.3 Å².